The summed E-state index contributed by atoms with van der Waals surface area (Å²) in [5.41, 5.74) is 2.55. The minimum Gasteiger partial charge on any atom is -0.455 e. The molecule has 0 atom stereocenters. The van der Waals surface area contributed by atoms with Gasteiger partial charge in [0.05, 0.1) is 30.2 Å². The number of nitrogens with zero attached hydrogens (tertiary/aromatic N) is 2. The fraction of sp³-hybridized carbons (Fsp3) is 0. The van der Waals surface area contributed by atoms with Crippen LogP contribution in [0, 0.1) is 23.3 Å². The van der Waals surface area contributed by atoms with Gasteiger partial charge in [-0.15, -0.1) is 45.3 Å². The van der Waals surface area contributed by atoms with Crippen molar-refractivity contribution in [1.82, 2.24) is 9.97 Å². The molecule has 0 saturated carbocycles. The first-order chi connectivity index (χ1) is 23.3. The van der Waals surface area contributed by atoms with Crippen molar-refractivity contribution in [2.45, 2.75) is 0 Å². The second kappa shape index (κ2) is 10.3. The molecule has 4 aromatic carbocycles. The number of furan rings is 2. The summed E-state index contributed by atoms with van der Waals surface area (Å²) < 4.78 is 71.1. The number of fused-ring (bicyclic) bond motifs is 5. The highest BCUT2D eigenvalue weighted by Gasteiger charge is 2.21. The summed E-state index contributed by atoms with van der Waals surface area (Å²) in [5.74, 6) is -0.926. The molecule has 10 rings (SSSR count). The third-order valence-electron chi connectivity index (χ3n) is 8.05. The van der Waals surface area contributed by atoms with E-state index in [1.807, 2.05) is 12.1 Å². The predicted octanol–water partition coefficient (Wildman–Crippen LogP) is 12.9. The Bertz CT molecular complexity index is 2660. The van der Waals surface area contributed by atoms with Crippen LogP contribution in [-0.2, 0) is 0 Å². The van der Waals surface area contributed by atoms with E-state index in [4.69, 9.17) is 18.8 Å². The van der Waals surface area contributed by atoms with Gasteiger partial charge in [0.15, 0.2) is 0 Å². The summed E-state index contributed by atoms with van der Waals surface area (Å²) in [6.07, 6.45) is 0. The van der Waals surface area contributed by atoms with Gasteiger partial charge in [-0.25, -0.2) is 27.5 Å². The van der Waals surface area contributed by atoms with Gasteiger partial charge in [-0.1, -0.05) is 0 Å². The molecule has 0 fully saturated rings. The maximum atomic E-state index is 15.1. The normalized spacial score (nSPS) is 12.2. The molecule has 0 amide bonds. The Morgan fingerprint density at radius 2 is 0.917 bits per heavy atom. The highest BCUT2D eigenvalue weighted by molar-refractivity contribution is 7.27. The molecule has 0 aliphatic rings. The fourth-order valence-corrected chi connectivity index (χ4v) is 9.90. The molecule has 6 heterocycles. The molecule has 10 aromatic rings. The first kappa shape index (κ1) is 28.2. The van der Waals surface area contributed by atoms with Gasteiger partial charge in [-0.3, -0.25) is 0 Å². The van der Waals surface area contributed by atoms with Gasteiger partial charge in [0, 0.05) is 10.8 Å². The maximum Gasteiger partial charge on any atom is 0.148 e. The molecule has 0 spiro atoms. The molecule has 0 saturated heterocycles. The summed E-state index contributed by atoms with van der Waals surface area (Å²) >= 11 is 5.41. The number of rotatable bonds is 4. The average molecular weight is 711 g/mol. The van der Waals surface area contributed by atoms with Crippen molar-refractivity contribution in [3.8, 4) is 41.0 Å². The molecule has 0 aliphatic carbocycles. The third kappa shape index (κ3) is 4.51. The van der Waals surface area contributed by atoms with Gasteiger partial charge in [0.25, 0.3) is 0 Å². The van der Waals surface area contributed by atoms with Crippen LogP contribution in [0.4, 0.5) is 17.6 Å². The highest BCUT2D eigenvalue weighted by Crippen LogP contribution is 2.44. The first-order valence-corrected chi connectivity index (χ1v) is 17.7. The van der Waals surface area contributed by atoms with Crippen LogP contribution >= 0.6 is 45.3 Å². The van der Waals surface area contributed by atoms with E-state index in [-0.39, 0.29) is 11.6 Å². The number of halogens is 4. The van der Waals surface area contributed by atoms with Crippen LogP contribution in [0.25, 0.3) is 94.2 Å². The van der Waals surface area contributed by atoms with Gasteiger partial charge in [0.2, 0.25) is 0 Å². The Kier molecular flexibility index (Phi) is 6.05. The van der Waals surface area contributed by atoms with Gasteiger partial charge >= 0.3 is 0 Å². The topological polar surface area (TPSA) is 52.1 Å². The van der Waals surface area contributed by atoms with Crippen molar-refractivity contribution in [2.24, 2.45) is 0 Å². The zero-order valence-corrected chi connectivity index (χ0v) is 27.2. The lowest BCUT2D eigenvalue weighted by atomic mass is 10.1. The van der Waals surface area contributed by atoms with Gasteiger partial charge in [0.1, 0.15) is 65.7 Å². The molecular formula is C36H14F4N2O2S4. The lowest BCUT2D eigenvalue weighted by molar-refractivity contribution is 0.604. The molecular weight excluding hydrogens is 697 g/mol. The molecule has 12 heteroatoms. The Balaban J connectivity index is 0.988. The summed E-state index contributed by atoms with van der Waals surface area (Å²) in [6, 6.07) is 22.7. The number of thiazole rings is 2. The minimum atomic E-state index is -0.424. The predicted molar refractivity (Wildman–Crippen MR) is 187 cm³/mol. The summed E-state index contributed by atoms with van der Waals surface area (Å²) in [7, 11) is 0. The van der Waals surface area contributed by atoms with Crippen LogP contribution in [0.1, 0.15) is 0 Å². The van der Waals surface area contributed by atoms with Crippen molar-refractivity contribution < 1.29 is 26.4 Å². The molecule has 48 heavy (non-hydrogen) atoms. The molecule has 6 aromatic heterocycles. The van der Waals surface area contributed by atoms with E-state index in [9.17, 15) is 8.78 Å². The highest BCUT2D eigenvalue weighted by atomic mass is 32.1. The Labute approximate surface area is 282 Å². The molecule has 4 nitrogen and oxygen atoms in total. The second-order valence-corrected chi connectivity index (χ2v) is 15.4. The number of hydrogen-bond acceptors (Lipinski definition) is 8. The number of aromatic nitrogens is 2. The van der Waals surface area contributed by atoms with E-state index >= 15 is 8.78 Å². The van der Waals surface area contributed by atoms with Gasteiger partial charge < -0.3 is 8.83 Å². The molecule has 0 N–H and O–H groups in total. The first-order valence-electron chi connectivity index (χ1n) is 14.4. The lowest BCUT2D eigenvalue weighted by Gasteiger charge is -1.97. The van der Waals surface area contributed by atoms with Crippen molar-refractivity contribution in [1.29, 1.82) is 0 Å². The third-order valence-corrected chi connectivity index (χ3v) is 12.7. The zero-order valence-electron chi connectivity index (χ0n) is 23.9. The van der Waals surface area contributed by atoms with Crippen LogP contribution in [-0.4, -0.2) is 9.97 Å². The quantitative estimate of drug-likeness (QED) is 0.171. The van der Waals surface area contributed by atoms with Gasteiger partial charge in [-0.2, -0.15) is 0 Å². The Morgan fingerprint density at radius 3 is 1.38 bits per heavy atom. The van der Waals surface area contributed by atoms with Crippen LogP contribution < -0.4 is 0 Å². The number of thiophene rings is 2. The van der Waals surface area contributed by atoms with Crippen molar-refractivity contribution in [3.63, 3.8) is 0 Å². The fourth-order valence-electron chi connectivity index (χ4n) is 5.84. The van der Waals surface area contributed by atoms with Crippen molar-refractivity contribution >= 4 is 98.5 Å². The molecule has 232 valence electrons. The molecule has 0 unspecified atom stereocenters. The van der Waals surface area contributed by atoms with Crippen molar-refractivity contribution in [2.75, 3.05) is 0 Å². The standard InChI is InChI=1S/C36H14F4N2O2S4/c37-19-1-3-25-17(5-19)9-27(43-25)33-21(39)13-31(45-33)35-41-23-7-15-12-30-24(8-16(15)11-29(23)47-35)42-36(48-30)32-14-22(40)34(46-32)28-10-18-6-20(38)2-4-26(18)44-28/h1-14H. The van der Waals surface area contributed by atoms with Crippen LogP contribution in [0.3, 0.4) is 0 Å². The van der Waals surface area contributed by atoms with Crippen molar-refractivity contribution in [3.05, 3.63) is 108 Å². The SMILES string of the molecule is Fc1ccc2oc(-c3sc(-c4nc5cc6cc7sc(-c8cc(F)c(-c9cc%10cc(F)ccc%10o9)s8)nc7cc6cc5s4)cc3F)cc2c1. The van der Waals surface area contributed by atoms with E-state index in [0.717, 1.165) is 31.2 Å². The largest absolute Gasteiger partial charge is 0.455 e. The van der Waals surface area contributed by atoms with Gasteiger partial charge in [-0.05, 0) is 95.7 Å². The summed E-state index contributed by atoms with van der Waals surface area (Å²) in [6.45, 7) is 0. The molecule has 0 aliphatic heterocycles. The molecule has 0 bridgehead atoms. The van der Waals surface area contributed by atoms with E-state index < -0.39 is 11.6 Å². The zero-order chi connectivity index (χ0) is 32.3. The Morgan fingerprint density at radius 1 is 0.458 bits per heavy atom. The summed E-state index contributed by atoms with van der Waals surface area (Å²) in [4.78, 5) is 11.7. The average Bonchev–Trinajstić information content (AvgIpc) is 3.90. The summed E-state index contributed by atoms with van der Waals surface area (Å²) in [5, 5.41) is 4.46. The van der Waals surface area contributed by atoms with E-state index in [1.165, 1.54) is 93.9 Å². The van der Waals surface area contributed by atoms with E-state index in [1.54, 1.807) is 12.1 Å². The van der Waals surface area contributed by atoms with Crippen LogP contribution in [0.2, 0.25) is 0 Å². The Hall–Kier alpha value is -4.88. The second-order valence-electron chi connectivity index (χ2n) is 11.2. The monoisotopic (exact) mass is 710 g/mol. The number of benzene rings is 4. The van der Waals surface area contributed by atoms with Crippen LogP contribution in [0.5, 0.6) is 0 Å². The van der Waals surface area contributed by atoms with E-state index in [0.29, 0.717) is 63.0 Å². The smallest absolute Gasteiger partial charge is 0.148 e. The molecule has 0 radical (unpaired) electrons. The van der Waals surface area contributed by atoms with E-state index in [2.05, 4.69) is 12.1 Å². The van der Waals surface area contributed by atoms with Crippen LogP contribution in [0.15, 0.2) is 93.8 Å². The maximum absolute atomic E-state index is 15.1. The minimum absolute atomic E-state index is 0.332. The lowest BCUT2D eigenvalue weighted by Crippen LogP contribution is -1.76. The number of hydrogen-bond donors (Lipinski definition) is 0.